The molecule has 0 aromatic heterocycles. The fraction of sp³-hybridized carbons (Fsp3) is 0.500. The molecule has 4 unspecified atom stereocenters. The smallest absolute Gasteiger partial charge is 0.324 e. The molecule has 1 saturated heterocycles. The summed E-state index contributed by atoms with van der Waals surface area (Å²) in [6, 6.07) is 12.4. The molecule has 2 N–H and O–H groups in total. The number of nitrogens with zero attached hydrogens (tertiary/aromatic N) is 2. The molecule has 2 fully saturated rings. The second-order valence-corrected chi connectivity index (χ2v) is 12.3. The second-order valence-electron chi connectivity index (χ2n) is 11.5. The van der Waals surface area contributed by atoms with E-state index in [4.69, 9.17) is 23.2 Å². The van der Waals surface area contributed by atoms with Crippen LogP contribution in [0.15, 0.2) is 42.5 Å². The summed E-state index contributed by atoms with van der Waals surface area (Å²) in [7, 11) is 0. The fourth-order valence-electron chi connectivity index (χ4n) is 5.99. The Bertz CT molecular complexity index is 1220. The summed E-state index contributed by atoms with van der Waals surface area (Å²) in [6.07, 6.45) is 2.86. The van der Waals surface area contributed by atoms with E-state index < -0.39 is 11.4 Å². The summed E-state index contributed by atoms with van der Waals surface area (Å²) < 4.78 is 0. The number of carbonyl (C=O) groups is 3. The summed E-state index contributed by atoms with van der Waals surface area (Å²) in [5, 5.41) is 14.1. The first kappa shape index (κ1) is 29.2. The minimum absolute atomic E-state index is 0.00259. The number of nitrogens with one attached hydrogen (secondary N) is 1. The average Bonchev–Trinajstić information content (AvgIpc) is 2.86. The molecule has 0 spiro atoms. The van der Waals surface area contributed by atoms with Gasteiger partial charge in [0.1, 0.15) is 0 Å². The lowest BCUT2D eigenvalue weighted by atomic mass is 9.76. The van der Waals surface area contributed by atoms with Gasteiger partial charge in [0.2, 0.25) is 5.91 Å². The van der Waals surface area contributed by atoms with Crippen LogP contribution in [0.1, 0.15) is 57.1 Å². The first-order valence-electron chi connectivity index (χ1n) is 13.5. The number of halogens is 2. The van der Waals surface area contributed by atoms with E-state index in [1.165, 1.54) is 0 Å². The topological polar surface area (TPSA) is 89.9 Å². The maximum atomic E-state index is 13.8. The van der Waals surface area contributed by atoms with E-state index in [9.17, 15) is 19.5 Å². The van der Waals surface area contributed by atoms with Gasteiger partial charge in [-0.2, -0.15) is 0 Å². The molecule has 4 rings (SSSR count). The third kappa shape index (κ3) is 7.06. The van der Waals surface area contributed by atoms with E-state index >= 15 is 0 Å². The van der Waals surface area contributed by atoms with Gasteiger partial charge in [-0.15, -0.1) is 0 Å². The van der Waals surface area contributed by atoms with Gasteiger partial charge in [-0.25, -0.2) is 4.79 Å². The Labute approximate surface area is 240 Å². The van der Waals surface area contributed by atoms with E-state index in [1.807, 2.05) is 31.2 Å². The summed E-state index contributed by atoms with van der Waals surface area (Å²) in [5.41, 5.74) is 1.39. The maximum Gasteiger partial charge on any atom is 0.324 e. The van der Waals surface area contributed by atoms with E-state index in [2.05, 4.69) is 19.2 Å². The zero-order chi connectivity index (χ0) is 28.3. The van der Waals surface area contributed by atoms with Gasteiger partial charge in [0.25, 0.3) is 0 Å². The molecule has 1 heterocycles. The third-order valence-electron chi connectivity index (χ3n) is 8.36. The van der Waals surface area contributed by atoms with Crippen LogP contribution in [0.2, 0.25) is 10.0 Å². The van der Waals surface area contributed by atoms with Gasteiger partial charge >= 0.3 is 12.0 Å². The molecular formula is C30H37Cl2N3O4. The Kier molecular flexibility index (Phi) is 9.12. The summed E-state index contributed by atoms with van der Waals surface area (Å²) in [5.74, 6) is -0.324. The molecule has 1 aliphatic carbocycles. The predicted octanol–water partition coefficient (Wildman–Crippen LogP) is 6.54. The minimum Gasteiger partial charge on any atom is -0.481 e. The maximum absolute atomic E-state index is 13.8. The van der Waals surface area contributed by atoms with Crippen molar-refractivity contribution in [1.29, 1.82) is 0 Å². The molecule has 2 aromatic rings. The van der Waals surface area contributed by atoms with Crippen molar-refractivity contribution in [2.24, 2.45) is 17.3 Å². The molecule has 0 bridgehead atoms. The largest absolute Gasteiger partial charge is 0.481 e. The highest BCUT2D eigenvalue weighted by molar-refractivity contribution is 6.35. The third-order valence-corrected chi connectivity index (χ3v) is 8.95. The number of aliphatic carboxylic acids is 1. The molecule has 7 nitrogen and oxygen atoms in total. The van der Waals surface area contributed by atoms with Crippen LogP contribution >= 0.6 is 23.2 Å². The zero-order valence-corrected chi connectivity index (χ0v) is 24.3. The average molecular weight is 575 g/mol. The van der Waals surface area contributed by atoms with E-state index in [-0.39, 0.29) is 50.5 Å². The van der Waals surface area contributed by atoms with Crippen molar-refractivity contribution in [1.82, 2.24) is 10.2 Å². The van der Waals surface area contributed by atoms with Crippen molar-refractivity contribution in [2.75, 3.05) is 18.0 Å². The zero-order valence-electron chi connectivity index (χ0n) is 22.8. The lowest BCUT2D eigenvalue weighted by molar-refractivity contribution is -0.141. The van der Waals surface area contributed by atoms with Crippen molar-refractivity contribution >= 4 is 46.8 Å². The van der Waals surface area contributed by atoms with Gasteiger partial charge in [-0.1, -0.05) is 73.7 Å². The molecule has 3 amide bonds. The molecule has 1 saturated carbocycles. The molecule has 9 heteroatoms. The highest BCUT2D eigenvalue weighted by atomic mass is 35.5. The van der Waals surface area contributed by atoms with Gasteiger partial charge in [0.05, 0.1) is 6.42 Å². The highest BCUT2D eigenvalue weighted by Gasteiger charge is 2.46. The summed E-state index contributed by atoms with van der Waals surface area (Å²) in [4.78, 5) is 42.6. The van der Waals surface area contributed by atoms with Crippen molar-refractivity contribution in [3.05, 3.63) is 63.6 Å². The lowest BCUT2D eigenvalue weighted by Gasteiger charge is -2.47. The van der Waals surface area contributed by atoms with Gasteiger partial charge in [-0.3, -0.25) is 14.5 Å². The second kappa shape index (κ2) is 12.2. The van der Waals surface area contributed by atoms with Crippen LogP contribution in [0.25, 0.3) is 0 Å². The van der Waals surface area contributed by atoms with Gasteiger partial charge in [0.15, 0.2) is 0 Å². The number of benzene rings is 2. The molecular weight excluding hydrogens is 537 g/mol. The normalized spacial score (nSPS) is 25.5. The van der Waals surface area contributed by atoms with Crippen molar-refractivity contribution in [3.8, 4) is 0 Å². The number of anilines is 1. The summed E-state index contributed by atoms with van der Waals surface area (Å²) in [6.45, 7) is 6.73. The first-order valence-corrected chi connectivity index (χ1v) is 14.3. The van der Waals surface area contributed by atoms with Crippen molar-refractivity contribution < 1.29 is 19.5 Å². The van der Waals surface area contributed by atoms with Gasteiger partial charge in [-0.05, 0) is 55.0 Å². The number of aryl methyl sites for hydroxylation is 1. The fourth-order valence-corrected chi connectivity index (χ4v) is 6.46. The van der Waals surface area contributed by atoms with Crippen LogP contribution in [0.4, 0.5) is 10.5 Å². The molecule has 4 atom stereocenters. The number of urea groups is 1. The molecule has 2 aromatic carbocycles. The van der Waals surface area contributed by atoms with Crippen LogP contribution in [-0.2, 0) is 16.1 Å². The lowest BCUT2D eigenvalue weighted by Crippen LogP contribution is -2.60. The highest BCUT2D eigenvalue weighted by Crippen LogP contribution is 2.38. The number of carboxylic acids is 1. The first-order chi connectivity index (χ1) is 18.5. The predicted molar refractivity (Wildman–Crippen MR) is 154 cm³/mol. The Hall–Kier alpha value is -2.77. The van der Waals surface area contributed by atoms with E-state index in [0.29, 0.717) is 33.1 Å². The number of carbonyl (C=O) groups excluding carboxylic acids is 2. The molecule has 210 valence electrons. The van der Waals surface area contributed by atoms with Crippen LogP contribution in [-0.4, -0.2) is 47.0 Å². The van der Waals surface area contributed by atoms with Gasteiger partial charge < -0.3 is 15.3 Å². The quantitative estimate of drug-likeness (QED) is 0.375. The van der Waals surface area contributed by atoms with Crippen LogP contribution < -0.4 is 10.2 Å². The van der Waals surface area contributed by atoms with Crippen molar-refractivity contribution in [2.45, 2.75) is 65.5 Å². The number of amides is 3. The van der Waals surface area contributed by atoms with Crippen molar-refractivity contribution in [3.63, 3.8) is 0 Å². The van der Waals surface area contributed by atoms with Crippen LogP contribution in [0.5, 0.6) is 0 Å². The Morgan fingerprint density at radius 2 is 1.77 bits per heavy atom. The number of hydrogen-bond acceptors (Lipinski definition) is 3. The Morgan fingerprint density at radius 3 is 2.44 bits per heavy atom. The van der Waals surface area contributed by atoms with E-state index in [0.717, 1.165) is 24.8 Å². The Balaban J connectivity index is 1.66. The molecule has 1 aliphatic heterocycles. The minimum atomic E-state index is -1.01. The monoisotopic (exact) mass is 573 g/mol. The van der Waals surface area contributed by atoms with Crippen LogP contribution in [0, 0.1) is 24.2 Å². The standard InChI is InChI=1S/C30H37Cl2N3O4/c1-19-7-11-24(12-8-19)35-18-30(15-28(37)38,14-27(36)33-26-6-4-5-20(2)21(26)3)17-34(29(35)39)16-22-9-10-23(31)13-25(22)32/h7-13,20-21,26H,4-6,14-18H2,1-3H3,(H,33,36)(H,37,38). The molecule has 2 aliphatic rings. The summed E-state index contributed by atoms with van der Waals surface area (Å²) >= 11 is 12.5. The molecule has 0 radical (unpaired) electrons. The number of hydrogen-bond donors (Lipinski definition) is 2. The molecule has 39 heavy (non-hydrogen) atoms. The van der Waals surface area contributed by atoms with Gasteiger partial charge in [0, 0.05) is 53.2 Å². The number of rotatable bonds is 8. The van der Waals surface area contributed by atoms with E-state index in [1.54, 1.807) is 28.0 Å². The Morgan fingerprint density at radius 1 is 1.05 bits per heavy atom. The number of carboxylic acid groups (broad SMARTS) is 1. The SMILES string of the molecule is Cc1ccc(N2CC(CC(=O)O)(CC(=O)NC3CCCC(C)C3C)CN(Cc3ccc(Cl)cc3Cl)C2=O)cc1. The van der Waals surface area contributed by atoms with Crippen LogP contribution in [0.3, 0.4) is 0 Å².